The third-order valence-corrected chi connectivity index (χ3v) is 6.52. The fourth-order valence-corrected chi connectivity index (χ4v) is 4.69. The summed E-state index contributed by atoms with van der Waals surface area (Å²) < 4.78 is 10.7. The molecule has 5 rings (SSSR count). The summed E-state index contributed by atoms with van der Waals surface area (Å²) in [5.74, 6) is 1.59. The fraction of sp³-hybridized carbons (Fsp3) is 0.133. The first-order chi connectivity index (χ1) is 17.1. The summed E-state index contributed by atoms with van der Waals surface area (Å²) in [6.45, 7) is 0. The van der Waals surface area contributed by atoms with Gasteiger partial charge in [-0.1, -0.05) is 6.07 Å². The van der Waals surface area contributed by atoms with Gasteiger partial charge in [-0.05, 0) is 108 Å². The molecule has 0 radical (unpaired) electrons. The Hall–Kier alpha value is -4.74. The van der Waals surface area contributed by atoms with Crippen molar-refractivity contribution in [2.75, 3.05) is 19.1 Å². The van der Waals surface area contributed by atoms with Gasteiger partial charge in [0.1, 0.15) is 11.5 Å². The summed E-state index contributed by atoms with van der Waals surface area (Å²) in [5.41, 5.74) is 8.55. The molecule has 0 aromatic heterocycles. The summed E-state index contributed by atoms with van der Waals surface area (Å²) in [4.78, 5) is 2.19. The van der Waals surface area contributed by atoms with Crippen molar-refractivity contribution >= 4 is 17.1 Å². The molecule has 0 unspecified atom stereocenters. The minimum absolute atomic E-state index is 0.621. The average molecular weight is 458 g/mol. The van der Waals surface area contributed by atoms with Crippen LogP contribution in [0.15, 0.2) is 78.9 Å². The van der Waals surface area contributed by atoms with E-state index in [1.807, 2.05) is 48.5 Å². The van der Waals surface area contributed by atoms with Crippen LogP contribution in [-0.4, -0.2) is 14.2 Å². The van der Waals surface area contributed by atoms with Gasteiger partial charge in [0.25, 0.3) is 0 Å². The van der Waals surface area contributed by atoms with E-state index in [-0.39, 0.29) is 0 Å². The molecule has 0 aliphatic heterocycles. The molecule has 0 fully saturated rings. The van der Waals surface area contributed by atoms with E-state index in [1.54, 1.807) is 26.4 Å². The number of ether oxygens (including phenoxy) is 2. The van der Waals surface area contributed by atoms with Crippen molar-refractivity contribution in [1.29, 1.82) is 10.5 Å². The zero-order valence-corrected chi connectivity index (χ0v) is 19.6. The lowest BCUT2D eigenvalue weighted by Crippen LogP contribution is -2.14. The highest BCUT2D eigenvalue weighted by Crippen LogP contribution is 2.39. The maximum absolute atomic E-state index is 9.67. The smallest absolute Gasteiger partial charge is 0.119 e. The van der Waals surface area contributed by atoms with Crippen LogP contribution in [0.3, 0.4) is 0 Å². The lowest BCUT2D eigenvalue weighted by Gasteiger charge is -2.28. The van der Waals surface area contributed by atoms with Crippen LogP contribution >= 0.6 is 0 Å². The Morgan fingerprint density at radius 2 is 1.06 bits per heavy atom. The summed E-state index contributed by atoms with van der Waals surface area (Å²) in [7, 11) is 3.32. The SMILES string of the molecule is COc1ccc(N(c2ccc(OC)cc2)c2ccc3c(c2)Cc2c(C#N)ccc(C#N)c2C3)cc1. The minimum Gasteiger partial charge on any atom is -0.497 e. The third-order valence-electron chi connectivity index (χ3n) is 6.52. The minimum atomic E-state index is 0.621. The van der Waals surface area contributed by atoms with Gasteiger partial charge < -0.3 is 14.4 Å². The van der Waals surface area contributed by atoms with Crippen LogP contribution in [-0.2, 0) is 12.8 Å². The molecule has 4 aromatic rings. The van der Waals surface area contributed by atoms with Crippen molar-refractivity contribution in [3.63, 3.8) is 0 Å². The maximum atomic E-state index is 9.67. The van der Waals surface area contributed by atoms with E-state index in [2.05, 4.69) is 35.2 Å². The summed E-state index contributed by atoms with van der Waals surface area (Å²) in [5, 5.41) is 19.3. The molecule has 0 saturated heterocycles. The van der Waals surface area contributed by atoms with Gasteiger partial charge >= 0.3 is 0 Å². The van der Waals surface area contributed by atoms with Gasteiger partial charge in [0.2, 0.25) is 0 Å². The maximum Gasteiger partial charge on any atom is 0.119 e. The molecule has 0 saturated carbocycles. The van der Waals surface area contributed by atoms with E-state index in [0.717, 1.165) is 45.3 Å². The van der Waals surface area contributed by atoms with Crippen molar-refractivity contribution < 1.29 is 9.47 Å². The Labute approximate surface area is 205 Å². The van der Waals surface area contributed by atoms with Crippen molar-refractivity contribution in [3.8, 4) is 23.6 Å². The Morgan fingerprint density at radius 1 is 0.600 bits per heavy atom. The predicted molar refractivity (Wildman–Crippen MR) is 136 cm³/mol. The zero-order chi connectivity index (χ0) is 24.4. The molecule has 0 heterocycles. The number of nitrogens with zero attached hydrogens (tertiary/aromatic N) is 3. The first-order valence-corrected chi connectivity index (χ1v) is 11.3. The molecule has 1 aliphatic carbocycles. The summed E-state index contributed by atoms with van der Waals surface area (Å²) in [6, 6.07) is 30.5. The van der Waals surface area contributed by atoms with Gasteiger partial charge in [-0.3, -0.25) is 0 Å². The molecule has 1 aliphatic rings. The Balaban J connectivity index is 1.60. The third kappa shape index (κ3) is 4.05. The number of fused-ring (bicyclic) bond motifs is 2. The van der Waals surface area contributed by atoms with E-state index >= 15 is 0 Å². The van der Waals surface area contributed by atoms with Gasteiger partial charge in [0.15, 0.2) is 0 Å². The van der Waals surface area contributed by atoms with Crippen molar-refractivity contribution in [2.45, 2.75) is 12.8 Å². The van der Waals surface area contributed by atoms with Crippen LogP contribution in [0.1, 0.15) is 33.4 Å². The predicted octanol–water partition coefficient (Wildman–Crippen LogP) is 6.41. The number of nitriles is 2. The second-order valence-corrected chi connectivity index (χ2v) is 8.38. The van der Waals surface area contributed by atoms with Gasteiger partial charge in [0.05, 0.1) is 37.5 Å². The molecular formula is C30H23N3O2. The highest BCUT2D eigenvalue weighted by molar-refractivity contribution is 5.78. The van der Waals surface area contributed by atoms with Crippen LogP contribution < -0.4 is 14.4 Å². The molecule has 35 heavy (non-hydrogen) atoms. The molecule has 5 nitrogen and oxygen atoms in total. The average Bonchev–Trinajstić information content (AvgIpc) is 2.92. The Morgan fingerprint density at radius 3 is 1.51 bits per heavy atom. The first kappa shape index (κ1) is 22.1. The van der Waals surface area contributed by atoms with E-state index in [1.165, 1.54) is 5.56 Å². The van der Waals surface area contributed by atoms with Crippen LogP contribution in [0.2, 0.25) is 0 Å². The van der Waals surface area contributed by atoms with E-state index in [9.17, 15) is 10.5 Å². The number of methoxy groups -OCH3 is 2. The molecular weight excluding hydrogens is 434 g/mol. The van der Waals surface area contributed by atoms with Gasteiger partial charge in [-0.2, -0.15) is 10.5 Å². The first-order valence-electron chi connectivity index (χ1n) is 11.3. The number of hydrogen-bond acceptors (Lipinski definition) is 5. The normalized spacial score (nSPS) is 11.4. The summed E-state index contributed by atoms with van der Waals surface area (Å²) >= 11 is 0. The molecule has 4 aromatic carbocycles. The molecule has 0 amide bonds. The Kier molecular flexibility index (Phi) is 5.83. The monoisotopic (exact) mass is 457 g/mol. The Bertz CT molecular complexity index is 1430. The van der Waals surface area contributed by atoms with Gasteiger partial charge in [-0.25, -0.2) is 0 Å². The lowest BCUT2D eigenvalue weighted by atomic mass is 9.81. The number of hydrogen-bond donors (Lipinski definition) is 0. The zero-order valence-electron chi connectivity index (χ0n) is 19.6. The largest absolute Gasteiger partial charge is 0.497 e. The molecule has 0 bridgehead atoms. The van der Waals surface area contributed by atoms with Crippen molar-refractivity contribution in [1.82, 2.24) is 0 Å². The fourth-order valence-electron chi connectivity index (χ4n) is 4.69. The highest BCUT2D eigenvalue weighted by atomic mass is 16.5. The topological polar surface area (TPSA) is 69.3 Å². The lowest BCUT2D eigenvalue weighted by molar-refractivity contribution is 0.415. The van der Waals surface area contributed by atoms with Crippen LogP contribution in [0, 0.1) is 22.7 Å². The number of rotatable bonds is 5. The van der Waals surface area contributed by atoms with Crippen molar-refractivity contribution in [2.24, 2.45) is 0 Å². The van der Waals surface area contributed by atoms with Crippen LogP contribution in [0.25, 0.3) is 0 Å². The van der Waals surface area contributed by atoms with Gasteiger partial charge in [-0.15, -0.1) is 0 Å². The van der Waals surface area contributed by atoms with Crippen LogP contribution in [0.5, 0.6) is 11.5 Å². The molecule has 170 valence electrons. The molecule has 5 heteroatoms. The quantitative estimate of drug-likeness (QED) is 0.305. The van der Waals surface area contributed by atoms with E-state index in [0.29, 0.717) is 24.0 Å². The van der Waals surface area contributed by atoms with E-state index < -0.39 is 0 Å². The second-order valence-electron chi connectivity index (χ2n) is 8.38. The standard InChI is InChI=1S/C30H23N3O2/c1-34-27-11-7-24(8-12-27)33(25-9-13-28(35-2)14-10-25)26-6-5-20-16-29-21(18-31)3-4-22(19-32)30(29)17-23(20)15-26/h3-15H,16-17H2,1-2H3. The number of anilines is 3. The van der Waals surface area contributed by atoms with E-state index in [4.69, 9.17) is 9.47 Å². The molecule has 0 N–H and O–H groups in total. The van der Waals surface area contributed by atoms with Crippen molar-refractivity contribution in [3.05, 3.63) is 112 Å². The second kappa shape index (κ2) is 9.25. The van der Waals surface area contributed by atoms with Crippen LogP contribution in [0.4, 0.5) is 17.1 Å². The molecule has 0 atom stereocenters. The molecule has 0 spiro atoms. The van der Waals surface area contributed by atoms with Gasteiger partial charge in [0, 0.05) is 17.1 Å². The summed E-state index contributed by atoms with van der Waals surface area (Å²) in [6.07, 6.45) is 1.27. The number of benzene rings is 4. The highest BCUT2D eigenvalue weighted by Gasteiger charge is 2.23.